The molecule has 1 amide bonds. The van der Waals surface area contributed by atoms with Crippen LogP contribution in [0.25, 0.3) is 0 Å². The quantitative estimate of drug-likeness (QED) is 0.775. The maximum Gasteiger partial charge on any atom is 0.225 e. The van der Waals surface area contributed by atoms with Gasteiger partial charge in [-0.3, -0.25) is 4.79 Å². The molecule has 0 bridgehead atoms. The van der Waals surface area contributed by atoms with Gasteiger partial charge in [0.15, 0.2) is 0 Å². The molecule has 0 N–H and O–H groups in total. The van der Waals surface area contributed by atoms with E-state index in [1.807, 2.05) is 30.9 Å². The number of carbonyl (C=O) groups is 1. The van der Waals surface area contributed by atoms with E-state index in [-0.39, 0.29) is 11.5 Å². The number of halogens is 2. The normalized spacial score (nSPS) is 24.4. The van der Waals surface area contributed by atoms with Crippen LogP contribution in [0.5, 0.6) is 0 Å². The van der Waals surface area contributed by atoms with Gasteiger partial charge in [0.05, 0.1) is 23.1 Å². The number of ether oxygens (including phenoxy) is 1. The molecule has 1 unspecified atom stereocenters. The summed E-state index contributed by atoms with van der Waals surface area (Å²) in [6.45, 7) is 6.07. The number of epoxide rings is 1. The summed E-state index contributed by atoms with van der Waals surface area (Å²) in [5.41, 5.74) is 0.885. The number of piperidine rings is 1. The number of carbonyl (C=O) groups excluding carboxylic acids is 1. The van der Waals surface area contributed by atoms with E-state index in [4.69, 9.17) is 27.9 Å². The van der Waals surface area contributed by atoms with Gasteiger partial charge in [-0.2, -0.15) is 0 Å². The maximum atomic E-state index is 12.0. The number of hydrogen-bond donors (Lipinski definition) is 0. The minimum absolute atomic E-state index is 0.120. The Bertz CT molecular complexity index is 501. The van der Waals surface area contributed by atoms with Crippen molar-refractivity contribution in [2.24, 2.45) is 0 Å². The van der Waals surface area contributed by atoms with Crippen LogP contribution < -0.4 is 0 Å². The first-order chi connectivity index (χ1) is 9.58. The van der Waals surface area contributed by atoms with Crippen LogP contribution in [0.4, 0.5) is 0 Å². The van der Waals surface area contributed by atoms with Crippen molar-refractivity contribution in [3.05, 3.63) is 33.8 Å². The van der Waals surface area contributed by atoms with Gasteiger partial charge in [-0.15, -0.1) is 0 Å². The summed E-state index contributed by atoms with van der Waals surface area (Å²) in [5, 5.41) is 1.07. The highest BCUT2D eigenvalue weighted by atomic mass is 35.5. The van der Waals surface area contributed by atoms with Gasteiger partial charge in [-0.1, -0.05) is 43.1 Å². The summed E-state index contributed by atoms with van der Waals surface area (Å²) < 4.78 is 5.35. The van der Waals surface area contributed by atoms with Gasteiger partial charge in [-0.25, -0.2) is 0 Å². The number of hydrogen-bond acceptors (Lipinski definition) is 2. The first kappa shape index (κ1) is 15.6. The van der Waals surface area contributed by atoms with Crippen molar-refractivity contribution in [1.29, 1.82) is 0 Å². The third-order valence-electron chi connectivity index (χ3n) is 3.57. The predicted octanol–water partition coefficient (Wildman–Crippen LogP) is 3.91. The molecule has 1 atom stereocenters. The number of rotatable bonds is 2. The van der Waals surface area contributed by atoms with Gasteiger partial charge in [0.25, 0.3) is 0 Å². The number of likely N-dealkylation sites (tertiary alicyclic amines) is 1. The Kier molecular flexibility index (Phi) is 4.95. The topological polar surface area (TPSA) is 32.8 Å². The molecule has 110 valence electrons. The molecule has 1 aromatic rings. The Morgan fingerprint density at radius 1 is 1.30 bits per heavy atom. The second-order valence-corrected chi connectivity index (χ2v) is 5.78. The molecule has 0 radical (unpaired) electrons. The number of amides is 1. The van der Waals surface area contributed by atoms with Crippen LogP contribution in [0.2, 0.25) is 10.0 Å². The smallest absolute Gasteiger partial charge is 0.225 e. The molecule has 0 saturated carbocycles. The minimum atomic E-state index is -0.120. The largest absolute Gasteiger partial charge is 0.369 e. The zero-order chi connectivity index (χ0) is 14.8. The monoisotopic (exact) mass is 315 g/mol. The summed E-state index contributed by atoms with van der Waals surface area (Å²) in [5.74, 6) is 0.157. The molecule has 0 aromatic heterocycles. The lowest BCUT2D eigenvalue weighted by Crippen LogP contribution is -2.41. The fourth-order valence-electron chi connectivity index (χ4n) is 2.31. The summed E-state index contributed by atoms with van der Waals surface area (Å²) in [7, 11) is 0. The molecule has 3 nitrogen and oxygen atoms in total. The fourth-order valence-corrected chi connectivity index (χ4v) is 2.63. The van der Waals surface area contributed by atoms with E-state index in [1.54, 1.807) is 6.07 Å². The van der Waals surface area contributed by atoms with Gasteiger partial charge in [0.2, 0.25) is 5.91 Å². The summed E-state index contributed by atoms with van der Waals surface area (Å²) >= 11 is 11.8. The summed E-state index contributed by atoms with van der Waals surface area (Å²) in [6, 6.07) is 5.48. The minimum Gasteiger partial charge on any atom is -0.369 e. The lowest BCUT2D eigenvalue weighted by Gasteiger charge is -2.30. The highest BCUT2D eigenvalue weighted by Gasteiger charge is 2.49. The van der Waals surface area contributed by atoms with Crippen molar-refractivity contribution in [2.75, 3.05) is 13.2 Å². The van der Waals surface area contributed by atoms with Crippen LogP contribution in [0.15, 0.2) is 18.2 Å². The lowest BCUT2D eigenvalue weighted by atomic mass is 9.97. The van der Waals surface area contributed by atoms with Crippen LogP contribution >= 0.6 is 23.2 Å². The average Bonchev–Trinajstić information content (AvgIpc) is 3.19. The number of nitrogens with zero attached hydrogens (tertiary/aromatic N) is 1. The van der Waals surface area contributed by atoms with Crippen molar-refractivity contribution in [3.8, 4) is 0 Å². The molecule has 2 aliphatic rings. The fraction of sp³-hybridized carbons (Fsp3) is 0.533. The Hall–Kier alpha value is -0.770. The van der Waals surface area contributed by atoms with Gasteiger partial charge in [0.1, 0.15) is 5.60 Å². The van der Waals surface area contributed by atoms with E-state index in [0.29, 0.717) is 23.0 Å². The molecule has 2 heterocycles. The van der Waals surface area contributed by atoms with E-state index in [2.05, 4.69) is 0 Å². The van der Waals surface area contributed by atoms with Crippen molar-refractivity contribution >= 4 is 29.1 Å². The zero-order valence-corrected chi connectivity index (χ0v) is 13.3. The highest BCUT2D eigenvalue weighted by Crippen LogP contribution is 2.38. The van der Waals surface area contributed by atoms with E-state index in [9.17, 15) is 4.79 Å². The number of benzene rings is 1. The molecule has 2 fully saturated rings. The lowest BCUT2D eigenvalue weighted by molar-refractivity contribution is -0.136. The molecular weight excluding hydrogens is 297 g/mol. The molecule has 2 aliphatic heterocycles. The summed E-state index contributed by atoms with van der Waals surface area (Å²) in [4.78, 5) is 13.8. The molecule has 2 saturated heterocycles. The second-order valence-electron chi connectivity index (χ2n) is 4.96. The van der Waals surface area contributed by atoms with Gasteiger partial charge >= 0.3 is 0 Å². The first-order valence-corrected chi connectivity index (χ1v) is 7.69. The van der Waals surface area contributed by atoms with E-state index < -0.39 is 0 Å². The third kappa shape index (κ3) is 3.46. The Balaban J connectivity index is 0.000000704. The Labute approximate surface area is 129 Å². The average molecular weight is 316 g/mol. The van der Waals surface area contributed by atoms with Crippen molar-refractivity contribution in [1.82, 2.24) is 4.90 Å². The van der Waals surface area contributed by atoms with E-state index in [1.165, 1.54) is 0 Å². The summed E-state index contributed by atoms with van der Waals surface area (Å²) in [6.07, 6.45) is 1.44. The standard InChI is InChI=1S/C13H13Cl2NO2.C2H6/c14-10-2-1-9(5-11(10)15)7-16-4-3-13(8-18-13)6-12(16)17;1-2/h1-2,5H,3-4,6-8H2;1-2H3. The SMILES string of the molecule is CC.O=C1CC2(CCN1Cc1ccc(Cl)c(Cl)c1)CO2. The molecule has 0 aliphatic carbocycles. The van der Waals surface area contributed by atoms with E-state index in [0.717, 1.165) is 25.1 Å². The molecule has 20 heavy (non-hydrogen) atoms. The Morgan fingerprint density at radius 2 is 2.00 bits per heavy atom. The highest BCUT2D eigenvalue weighted by molar-refractivity contribution is 6.42. The second kappa shape index (κ2) is 6.33. The van der Waals surface area contributed by atoms with Crippen LogP contribution in [0, 0.1) is 0 Å². The van der Waals surface area contributed by atoms with E-state index >= 15 is 0 Å². The molecule has 3 rings (SSSR count). The zero-order valence-electron chi connectivity index (χ0n) is 11.8. The predicted molar refractivity (Wildman–Crippen MR) is 81.1 cm³/mol. The van der Waals surface area contributed by atoms with Gasteiger partial charge in [-0.05, 0) is 24.1 Å². The molecular formula is C15H19Cl2NO2. The first-order valence-electron chi connectivity index (χ1n) is 6.94. The van der Waals surface area contributed by atoms with Crippen LogP contribution in [0.3, 0.4) is 0 Å². The van der Waals surface area contributed by atoms with Crippen LogP contribution in [-0.2, 0) is 16.1 Å². The van der Waals surface area contributed by atoms with Gasteiger partial charge in [0, 0.05) is 13.1 Å². The molecule has 1 aromatic carbocycles. The van der Waals surface area contributed by atoms with Crippen molar-refractivity contribution in [2.45, 2.75) is 38.8 Å². The van der Waals surface area contributed by atoms with Crippen LogP contribution in [-0.4, -0.2) is 29.6 Å². The van der Waals surface area contributed by atoms with Crippen molar-refractivity contribution in [3.63, 3.8) is 0 Å². The molecule has 1 spiro atoms. The maximum absolute atomic E-state index is 12.0. The third-order valence-corrected chi connectivity index (χ3v) is 4.31. The van der Waals surface area contributed by atoms with Crippen molar-refractivity contribution < 1.29 is 9.53 Å². The van der Waals surface area contributed by atoms with Gasteiger partial charge < -0.3 is 9.64 Å². The Morgan fingerprint density at radius 3 is 2.55 bits per heavy atom. The van der Waals surface area contributed by atoms with Crippen LogP contribution in [0.1, 0.15) is 32.3 Å². The molecule has 5 heteroatoms.